The Morgan fingerprint density at radius 2 is 1.77 bits per heavy atom. The molecule has 0 aliphatic carbocycles. The van der Waals surface area contributed by atoms with E-state index < -0.39 is 15.9 Å². The zero-order valence-corrected chi connectivity index (χ0v) is 18.5. The predicted molar refractivity (Wildman–Crippen MR) is 122 cm³/mol. The fraction of sp³-hybridized carbons (Fsp3) is 0.174. The second kappa shape index (κ2) is 10.3. The van der Waals surface area contributed by atoms with Gasteiger partial charge in [0.05, 0.1) is 22.1 Å². The molecular weight excluding hydrogens is 436 g/mol. The van der Waals surface area contributed by atoms with Crippen molar-refractivity contribution >= 4 is 33.2 Å². The van der Waals surface area contributed by atoms with Gasteiger partial charge in [0.15, 0.2) is 0 Å². The Morgan fingerprint density at radius 1 is 1.00 bits per heavy atom. The van der Waals surface area contributed by atoms with Crippen LogP contribution in [0.25, 0.3) is 0 Å². The van der Waals surface area contributed by atoms with E-state index in [1.54, 1.807) is 18.2 Å². The maximum Gasteiger partial charge on any atom is 0.261 e. The van der Waals surface area contributed by atoms with Crippen LogP contribution in [0.5, 0.6) is 5.75 Å². The Balaban J connectivity index is 1.61. The Morgan fingerprint density at radius 3 is 2.52 bits per heavy atom. The summed E-state index contributed by atoms with van der Waals surface area (Å²) < 4.78 is 33.6. The van der Waals surface area contributed by atoms with Crippen molar-refractivity contribution in [1.29, 1.82) is 0 Å². The number of benzene rings is 3. The van der Waals surface area contributed by atoms with E-state index in [0.717, 1.165) is 11.3 Å². The molecule has 0 aromatic heterocycles. The topological polar surface area (TPSA) is 84.5 Å². The predicted octanol–water partition coefficient (Wildman–Crippen LogP) is 4.65. The first-order chi connectivity index (χ1) is 14.8. The van der Waals surface area contributed by atoms with Crippen LogP contribution >= 0.6 is 11.6 Å². The first-order valence-electron chi connectivity index (χ1n) is 9.70. The normalized spacial score (nSPS) is 11.0. The quantitative estimate of drug-likeness (QED) is 0.457. The number of nitrogens with one attached hydrogen (secondary N) is 2. The minimum Gasteiger partial charge on any atom is -0.494 e. The van der Waals surface area contributed by atoms with E-state index in [2.05, 4.69) is 10.0 Å². The summed E-state index contributed by atoms with van der Waals surface area (Å²) in [6.07, 6.45) is 0.588. The van der Waals surface area contributed by atoms with Crippen LogP contribution in [0.1, 0.15) is 22.3 Å². The average molecular weight is 459 g/mol. The summed E-state index contributed by atoms with van der Waals surface area (Å²) >= 11 is 6.14. The van der Waals surface area contributed by atoms with Crippen LogP contribution in [-0.2, 0) is 10.0 Å². The van der Waals surface area contributed by atoms with Crippen molar-refractivity contribution in [2.75, 3.05) is 17.9 Å². The molecule has 0 bridgehead atoms. The van der Waals surface area contributed by atoms with Crippen molar-refractivity contribution in [1.82, 2.24) is 5.32 Å². The second-order valence-corrected chi connectivity index (χ2v) is 8.98. The van der Waals surface area contributed by atoms with Crippen LogP contribution in [-0.4, -0.2) is 27.5 Å². The van der Waals surface area contributed by atoms with Crippen molar-refractivity contribution in [2.24, 2.45) is 0 Å². The summed E-state index contributed by atoms with van der Waals surface area (Å²) in [6, 6.07) is 20.4. The van der Waals surface area contributed by atoms with E-state index in [4.69, 9.17) is 16.3 Å². The molecule has 8 heteroatoms. The highest BCUT2D eigenvalue weighted by atomic mass is 35.5. The second-order valence-electron chi connectivity index (χ2n) is 6.89. The first kappa shape index (κ1) is 22.7. The molecule has 3 aromatic rings. The minimum atomic E-state index is -3.87. The highest BCUT2D eigenvalue weighted by Gasteiger charge is 2.19. The lowest BCUT2D eigenvalue weighted by molar-refractivity contribution is 0.0951. The average Bonchev–Trinajstić information content (AvgIpc) is 2.74. The van der Waals surface area contributed by atoms with Gasteiger partial charge in [-0.15, -0.1) is 0 Å². The summed E-state index contributed by atoms with van der Waals surface area (Å²) in [5.41, 5.74) is 1.46. The number of halogens is 1. The van der Waals surface area contributed by atoms with Crippen LogP contribution in [0.3, 0.4) is 0 Å². The molecule has 3 rings (SSSR count). The van der Waals surface area contributed by atoms with E-state index in [1.165, 1.54) is 18.2 Å². The Bertz CT molecular complexity index is 1150. The molecule has 6 nitrogen and oxygen atoms in total. The molecule has 0 spiro atoms. The number of amides is 1. The molecule has 0 fully saturated rings. The number of carbonyl (C=O) groups excluding carboxylic acids is 1. The molecule has 0 atom stereocenters. The lowest BCUT2D eigenvalue weighted by Gasteiger charge is -2.12. The van der Waals surface area contributed by atoms with Gasteiger partial charge in [0.2, 0.25) is 0 Å². The van der Waals surface area contributed by atoms with E-state index in [1.807, 2.05) is 43.3 Å². The molecule has 0 aliphatic rings. The van der Waals surface area contributed by atoms with Gasteiger partial charge in [-0.3, -0.25) is 9.52 Å². The van der Waals surface area contributed by atoms with Crippen molar-refractivity contribution in [3.63, 3.8) is 0 Å². The van der Waals surface area contributed by atoms with E-state index >= 15 is 0 Å². The molecule has 31 heavy (non-hydrogen) atoms. The number of anilines is 1. The van der Waals surface area contributed by atoms with Crippen LogP contribution in [0.4, 0.5) is 5.69 Å². The minimum absolute atomic E-state index is 0.0454. The zero-order chi connectivity index (χ0) is 22.3. The maximum atomic E-state index is 12.7. The Labute approximate surface area is 187 Å². The summed E-state index contributed by atoms with van der Waals surface area (Å²) in [6.45, 7) is 2.67. The molecule has 0 saturated carbocycles. The van der Waals surface area contributed by atoms with Crippen molar-refractivity contribution < 1.29 is 17.9 Å². The van der Waals surface area contributed by atoms with E-state index in [0.29, 0.717) is 25.3 Å². The van der Waals surface area contributed by atoms with Gasteiger partial charge in [-0.1, -0.05) is 41.9 Å². The van der Waals surface area contributed by atoms with Crippen LogP contribution in [0.15, 0.2) is 77.7 Å². The molecule has 1 amide bonds. The van der Waals surface area contributed by atoms with Gasteiger partial charge in [0.25, 0.3) is 15.9 Å². The fourth-order valence-electron chi connectivity index (χ4n) is 2.84. The molecule has 0 unspecified atom stereocenters. The third-order valence-corrected chi connectivity index (χ3v) is 6.09. The number of sulfonamides is 1. The van der Waals surface area contributed by atoms with Gasteiger partial charge in [0, 0.05) is 12.2 Å². The number of ether oxygens (including phenoxy) is 1. The number of hydrogen-bond donors (Lipinski definition) is 2. The van der Waals surface area contributed by atoms with Crippen LogP contribution < -0.4 is 14.8 Å². The number of para-hydroxylation sites is 1. The SMILES string of the molecule is Cc1cccc(NS(=O)(=O)c2ccc(Cl)c(C(=O)NCCCOc3ccccc3)c2)c1. The maximum absolute atomic E-state index is 12.7. The van der Waals surface area contributed by atoms with Gasteiger partial charge in [-0.2, -0.15) is 0 Å². The third kappa shape index (κ3) is 6.47. The number of rotatable bonds is 9. The molecule has 0 radical (unpaired) electrons. The van der Waals surface area contributed by atoms with Crippen LogP contribution in [0.2, 0.25) is 5.02 Å². The van der Waals surface area contributed by atoms with E-state index in [-0.39, 0.29) is 15.5 Å². The smallest absolute Gasteiger partial charge is 0.261 e. The molecule has 2 N–H and O–H groups in total. The van der Waals surface area contributed by atoms with Gasteiger partial charge in [-0.05, 0) is 61.4 Å². The Hall–Kier alpha value is -3.03. The molecule has 0 heterocycles. The van der Waals surface area contributed by atoms with E-state index in [9.17, 15) is 13.2 Å². The highest BCUT2D eigenvalue weighted by Crippen LogP contribution is 2.23. The molecule has 0 saturated heterocycles. The van der Waals surface area contributed by atoms with Crippen molar-refractivity contribution in [2.45, 2.75) is 18.2 Å². The summed E-state index contributed by atoms with van der Waals surface area (Å²) in [5, 5.41) is 2.92. The number of carbonyl (C=O) groups is 1. The Kier molecular flexibility index (Phi) is 7.55. The summed E-state index contributed by atoms with van der Waals surface area (Å²) in [4.78, 5) is 12.5. The molecule has 162 valence electrons. The monoisotopic (exact) mass is 458 g/mol. The largest absolute Gasteiger partial charge is 0.494 e. The van der Waals surface area contributed by atoms with Crippen LogP contribution in [0, 0.1) is 6.92 Å². The number of hydrogen-bond acceptors (Lipinski definition) is 4. The molecule has 3 aromatic carbocycles. The lowest BCUT2D eigenvalue weighted by atomic mass is 10.2. The fourth-order valence-corrected chi connectivity index (χ4v) is 4.12. The molecular formula is C23H23ClN2O4S. The summed E-state index contributed by atoms with van der Waals surface area (Å²) in [5.74, 6) is 0.313. The number of aryl methyl sites for hydroxylation is 1. The molecule has 0 aliphatic heterocycles. The van der Waals surface area contributed by atoms with Gasteiger partial charge >= 0.3 is 0 Å². The van der Waals surface area contributed by atoms with Crippen molar-refractivity contribution in [3.8, 4) is 5.75 Å². The van der Waals surface area contributed by atoms with Gasteiger partial charge in [-0.25, -0.2) is 8.42 Å². The van der Waals surface area contributed by atoms with Gasteiger partial charge < -0.3 is 10.1 Å². The van der Waals surface area contributed by atoms with Crippen molar-refractivity contribution in [3.05, 3.63) is 88.9 Å². The lowest BCUT2D eigenvalue weighted by Crippen LogP contribution is -2.26. The first-order valence-corrected chi connectivity index (χ1v) is 11.6. The third-order valence-electron chi connectivity index (χ3n) is 4.38. The highest BCUT2D eigenvalue weighted by molar-refractivity contribution is 7.92. The summed E-state index contributed by atoms with van der Waals surface area (Å²) in [7, 11) is -3.87. The standard InChI is InChI=1S/C23H23ClN2O4S/c1-17-7-5-8-18(15-17)26-31(28,29)20-11-12-22(24)21(16-20)23(27)25-13-6-14-30-19-9-3-2-4-10-19/h2-5,7-12,15-16,26H,6,13-14H2,1H3,(H,25,27). The van der Waals surface area contributed by atoms with Gasteiger partial charge in [0.1, 0.15) is 5.75 Å². The zero-order valence-electron chi connectivity index (χ0n) is 17.0.